The van der Waals surface area contributed by atoms with Crippen molar-refractivity contribution in [2.45, 2.75) is 40.7 Å². The number of hydrogen-bond donors (Lipinski definition) is 1. The Kier molecular flexibility index (Phi) is 5.10. The van der Waals surface area contributed by atoms with Gasteiger partial charge in [-0.25, -0.2) is 0 Å². The highest BCUT2D eigenvalue weighted by Gasteiger charge is 2.22. The van der Waals surface area contributed by atoms with Crippen LogP contribution < -0.4 is 5.32 Å². The van der Waals surface area contributed by atoms with E-state index >= 15 is 0 Å². The number of ether oxygens (including phenoxy) is 1. The molecule has 0 atom stereocenters. The Morgan fingerprint density at radius 1 is 1.16 bits per heavy atom. The van der Waals surface area contributed by atoms with Crippen molar-refractivity contribution in [2.24, 2.45) is 5.41 Å². The first kappa shape index (κ1) is 15.2. The number of hydrogen-bond acceptors (Lipinski definition) is 3. The normalized spacial score (nSPS) is 10.9. The average molecular weight is 263 g/mol. The van der Waals surface area contributed by atoms with Crippen molar-refractivity contribution in [2.75, 3.05) is 5.32 Å². The van der Waals surface area contributed by atoms with Crippen LogP contribution in [0.15, 0.2) is 24.3 Å². The highest BCUT2D eigenvalue weighted by Crippen LogP contribution is 2.17. The lowest BCUT2D eigenvalue weighted by atomic mass is 9.97. The van der Waals surface area contributed by atoms with Gasteiger partial charge >= 0.3 is 5.97 Å². The van der Waals surface area contributed by atoms with Gasteiger partial charge in [-0.2, -0.15) is 0 Å². The van der Waals surface area contributed by atoms with E-state index in [0.717, 1.165) is 11.3 Å². The summed E-state index contributed by atoms with van der Waals surface area (Å²) in [5.41, 5.74) is 1.15. The van der Waals surface area contributed by atoms with Crippen LogP contribution in [0.4, 0.5) is 5.69 Å². The molecule has 0 fully saturated rings. The highest BCUT2D eigenvalue weighted by molar-refractivity contribution is 5.90. The Labute approximate surface area is 114 Å². The van der Waals surface area contributed by atoms with E-state index in [1.807, 2.05) is 32.9 Å². The van der Waals surface area contributed by atoms with Gasteiger partial charge in [0.05, 0.1) is 5.41 Å². The molecule has 1 rings (SSSR count). The molecular formula is C15H21NO3. The molecule has 4 heteroatoms. The Morgan fingerprint density at radius 2 is 1.74 bits per heavy atom. The summed E-state index contributed by atoms with van der Waals surface area (Å²) >= 11 is 0. The van der Waals surface area contributed by atoms with E-state index in [4.69, 9.17) is 4.74 Å². The van der Waals surface area contributed by atoms with Crippen LogP contribution >= 0.6 is 0 Å². The number of amides is 1. The van der Waals surface area contributed by atoms with E-state index in [9.17, 15) is 9.59 Å². The van der Waals surface area contributed by atoms with Crippen molar-refractivity contribution in [3.8, 4) is 0 Å². The number of carbonyl (C=O) groups excluding carboxylic acids is 2. The number of rotatable bonds is 4. The molecule has 0 aromatic heterocycles. The van der Waals surface area contributed by atoms with Gasteiger partial charge in [-0.05, 0) is 38.5 Å². The zero-order valence-corrected chi connectivity index (χ0v) is 11.9. The summed E-state index contributed by atoms with van der Waals surface area (Å²) in [5, 5.41) is 2.76. The Hall–Kier alpha value is -1.84. The second-order valence-corrected chi connectivity index (χ2v) is 5.42. The molecule has 0 saturated carbocycles. The molecule has 1 N–H and O–H groups in total. The second kappa shape index (κ2) is 6.36. The number of carbonyl (C=O) groups is 2. The molecule has 0 heterocycles. The standard InChI is InChI=1S/C15H21NO3/c1-5-13(17)16-12-8-6-11(7-9-12)10-19-14(18)15(2,3)4/h6-9H,5,10H2,1-4H3,(H,16,17). The van der Waals surface area contributed by atoms with Crippen LogP contribution in [0, 0.1) is 5.41 Å². The molecule has 0 aliphatic carbocycles. The largest absolute Gasteiger partial charge is 0.460 e. The summed E-state index contributed by atoms with van der Waals surface area (Å²) in [7, 11) is 0. The summed E-state index contributed by atoms with van der Waals surface area (Å²) < 4.78 is 5.21. The van der Waals surface area contributed by atoms with Crippen molar-refractivity contribution in [3.05, 3.63) is 29.8 Å². The Balaban J connectivity index is 2.53. The van der Waals surface area contributed by atoms with Gasteiger partial charge < -0.3 is 10.1 Å². The molecule has 0 bridgehead atoms. The number of nitrogens with one attached hydrogen (secondary N) is 1. The number of anilines is 1. The quantitative estimate of drug-likeness (QED) is 0.849. The smallest absolute Gasteiger partial charge is 0.311 e. The number of benzene rings is 1. The van der Waals surface area contributed by atoms with Gasteiger partial charge in [0.25, 0.3) is 0 Å². The lowest BCUT2D eigenvalue weighted by Crippen LogP contribution is -2.22. The maximum Gasteiger partial charge on any atom is 0.311 e. The molecular weight excluding hydrogens is 242 g/mol. The third-order valence-electron chi connectivity index (χ3n) is 2.54. The van der Waals surface area contributed by atoms with E-state index in [0.29, 0.717) is 6.42 Å². The summed E-state index contributed by atoms with van der Waals surface area (Å²) in [5.74, 6) is -0.247. The predicted octanol–water partition coefficient (Wildman–Crippen LogP) is 3.12. The monoisotopic (exact) mass is 263 g/mol. The predicted molar refractivity (Wildman–Crippen MR) is 74.6 cm³/mol. The second-order valence-electron chi connectivity index (χ2n) is 5.42. The fraction of sp³-hybridized carbons (Fsp3) is 0.467. The Morgan fingerprint density at radius 3 is 2.21 bits per heavy atom. The van der Waals surface area contributed by atoms with Gasteiger partial charge in [-0.15, -0.1) is 0 Å². The molecule has 0 saturated heterocycles. The molecule has 19 heavy (non-hydrogen) atoms. The van der Waals surface area contributed by atoms with Crippen LogP contribution in [-0.2, 0) is 20.9 Å². The van der Waals surface area contributed by atoms with E-state index in [1.54, 1.807) is 19.1 Å². The van der Waals surface area contributed by atoms with E-state index < -0.39 is 5.41 Å². The highest BCUT2D eigenvalue weighted by atomic mass is 16.5. The third-order valence-corrected chi connectivity index (χ3v) is 2.54. The molecule has 1 amide bonds. The zero-order valence-electron chi connectivity index (χ0n) is 11.9. The summed E-state index contributed by atoms with van der Waals surface area (Å²) in [6.45, 7) is 7.50. The topological polar surface area (TPSA) is 55.4 Å². The van der Waals surface area contributed by atoms with Gasteiger partial charge in [0.15, 0.2) is 0 Å². The molecule has 1 aromatic rings. The Bertz CT molecular complexity index is 443. The fourth-order valence-electron chi connectivity index (χ4n) is 1.30. The SMILES string of the molecule is CCC(=O)Nc1ccc(COC(=O)C(C)(C)C)cc1. The van der Waals surface area contributed by atoms with Crippen LogP contribution in [0.25, 0.3) is 0 Å². The van der Waals surface area contributed by atoms with E-state index in [2.05, 4.69) is 5.32 Å². The van der Waals surface area contributed by atoms with Crippen LogP contribution in [0.2, 0.25) is 0 Å². The maximum absolute atomic E-state index is 11.6. The van der Waals surface area contributed by atoms with Crippen molar-refractivity contribution in [1.29, 1.82) is 0 Å². The molecule has 0 aliphatic heterocycles. The molecule has 0 spiro atoms. The first-order valence-corrected chi connectivity index (χ1v) is 6.39. The average Bonchev–Trinajstić information content (AvgIpc) is 2.36. The van der Waals surface area contributed by atoms with Crippen molar-refractivity contribution in [3.63, 3.8) is 0 Å². The molecule has 0 radical (unpaired) electrons. The first-order chi connectivity index (χ1) is 8.82. The van der Waals surface area contributed by atoms with Gasteiger partial charge in [0.2, 0.25) is 5.91 Å². The summed E-state index contributed by atoms with van der Waals surface area (Å²) in [6.07, 6.45) is 0.449. The van der Waals surface area contributed by atoms with Crippen LogP contribution in [-0.4, -0.2) is 11.9 Å². The fourth-order valence-corrected chi connectivity index (χ4v) is 1.30. The van der Waals surface area contributed by atoms with E-state index in [-0.39, 0.29) is 18.5 Å². The number of esters is 1. The lowest BCUT2D eigenvalue weighted by Gasteiger charge is -2.16. The molecule has 104 valence electrons. The van der Waals surface area contributed by atoms with E-state index in [1.165, 1.54) is 0 Å². The van der Waals surface area contributed by atoms with Crippen molar-refractivity contribution < 1.29 is 14.3 Å². The molecule has 4 nitrogen and oxygen atoms in total. The minimum Gasteiger partial charge on any atom is -0.460 e. The first-order valence-electron chi connectivity index (χ1n) is 6.39. The van der Waals surface area contributed by atoms with Crippen LogP contribution in [0.3, 0.4) is 0 Å². The van der Waals surface area contributed by atoms with Gasteiger partial charge in [0.1, 0.15) is 6.61 Å². The minimum atomic E-state index is -0.491. The summed E-state index contributed by atoms with van der Waals surface area (Å²) in [4.78, 5) is 22.8. The molecule has 0 aliphatic rings. The maximum atomic E-state index is 11.6. The zero-order chi connectivity index (χ0) is 14.5. The van der Waals surface area contributed by atoms with Gasteiger partial charge in [-0.3, -0.25) is 9.59 Å². The molecule has 1 aromatic carbocycles. The van der Waals surface area contributed by atoms with Crippen molar-refractivity contribution >= 4 is 17.6 Å². The van der Waals surface area contributed by atoms with Gasteiger partial charge in [0, 0.05) is 12.1 Å². The molecule has 0 unspecified atom stereocenters. The summed E-state index contributed by atoms with van der Waals surface area (Å²) in [6, 6.07) is 7.27. The lowest BCUT2D eigenvalue weighted by molar-refractivity contribution is -0.154. The van der Waals surface area contributed by atoms with Gasteiger partial charge in [-0.1, -0.05) is 19.1 Å². The van der Waals surface area contributed by atoms with Crippen LogP contribution in [0.5, 0.6) is 0 Å². The minimum absolute atomic E-state index is 0.0214. The van der Waals surface area contributed by atoms with Crippen molar-refractivity contribution in [1.82, 2.24) is 0 Å². The third kappa shape index (κ3) is 5.12. The van der Waals surface area contributed by atoms with Crippen LogP contribution in [0.1, 0.15) is 39.7 Å².